The highest BCUT2D eigenvalue weighted by Gasteiger charge is 2.40. The number of nitrogens with one attached hydrogen (secondary N) is 2. The standard InChI is InChI=1S/C16H19N3O3/c1-10-4-3-5-11(8-10)14-13-12(17-16(21)18-14)9-19(15(13)20)6-7-22-2/h3-5,8,14H,6-7,9H2,1-2H3,(H2,17,18,21)/t14-/m1/s1. The molecule has 0 spiro atoms. The van der Waals surface area contributed by atoms with Crippen molar-refractivity contribution in [1.82, 2.24) is 15.5 Å². The number of rotatable bonds is 4. The van der Waals surface area contributed by atoms with E-state index in [0.717, 1.165) is 11.1 Å². The lowest BCUT2D eigenvalue weighted by molar-refractivity contribution is -0.126. The first-order valence-electron chi connectivity index (χ1n) is 7.25. The summed E-state index contributed by atoms with van der Waals surface area (Å²) in [4.78, 5) is 26.2. The fourth-order valence-electron chi connectivity index (χ4n) is 2.91. The molecular formula is C16H19N3O3. The van der Waals surface area contributed by atoms with E-state index in [9.17, 15) is 9.59 Å². The predicted octanol–water partition coefficient (Wildman–Crippen LogP) is 1.09. The predicted molar refractivity (Wildman–Crippen MR) is 81.1 cm³/mol. The molecule has 1 aromatic rings. The molecule has 6 nitrogen and oxygen atoms in total. The zero-order chi connectivity index (χ0) is 15.7. The Kier molecular flexibility index (Phi) is 3.85. The first-order chi connectivity index (χ1) is 10.6. The van der Waals surface area contributed by atoms with E-state index in [1.165, 1.54) is 0 Å². The summed E-state index contributed by atoms with van der Waals surface area (Å²) in [5.41, 5.74) is 3.33. The van der Waals surface area contributed by atoms with Gasteiger partial charge in [-0.15, -0.1) is 0 Å². The fourth-order valence-corrected chi connectivity index (χ4v) is 2.91. The Morgan fingerprint density at radius 3 is 2.91 bits per heavy atom. The summed E-state index contributed by atoms with van der Waals surface area (Å²) in [6.07, 6.45) is 0. The van der Waals surface area contributed by atoms with Crippen LogP contribution in [-0.2, 0) is 9.53 Å². The van der Waals surface area contributed by atoms with Crippen molar-refractivity contribution in [2.75, 3.05) is 26.8 Å². The van der Waals surface area contributed by atoms with Gasteiger partial charge in [-0.2, -0.15) is 0 Å². The summed E-state index contributed by atoms with van der Waals surface area (Å²) < 4.78 is 5.04. The van der Waals surface area contributed by atoms with E-state index in [4.69, 9.17) is 4.74 Å². The molecule has 0 saturated carbocycles. The second-order valence-electron chi connectivity index (χ2n) is 5.56. The number of methoxy groups -OCH3 is 1. The Hall–Kier alpha value is -2.34. The van der Waals surface area contributed by atoms with Crippen molar-refractivity contribution in [2.24, 2.45) is 0 Å². The number of hydrogen-bond donors (Lipinski definition) is 2. The number of carbonyl (C=O) groups is 2. The number of ether oxygens (including phenoxy) is 1. The van der Waals surface area contributed by atoms with Crippen LogP contribution in [0.2, 0.25) is 0 Å². The fraction of sp³-hybridized carbons (Fsp3) is 0.375. The third kappa shape index (κ3) is 2.57. The highest BCUT2D eigenvalue weighted by Crippen LogP contribution is 2.32. The van der Waals surface area contributed by atoms with E-state index in [1.807, 2.05) is 31.2 Å². The lowest BCUT2D eigenvalue weighted by Gasteiger charge is -2.25. The average molecular weight is 301 g/mol. The van der Waals surface area contributed by atoms with Crippen molar-refractivity contribution in [2.45, 2.75) is 13.0 Å². The van der Waals surface area contributed by atoms with Gasteiger partial charge in [0.25, 0.3) is 5.91 Å². The molecule has 22 heavy (non-hydrogen) atoms. The van der Waals surface area contributed by atoms with E-state index in [0.29, 0.717) is 31.0 Å². The molecule has 0 saturated heterocycles. The van der Waals surface area contributed by atoms with Crippen LogP contribution in [-0.4, -0.2) is 43.6 Å². The van der Waals surface area contributed by atoms with Crippen molar-refractivity contribution in [1.29, 1.82) is 0 Å². The summed E-state index contributed by atoms with van der Waals surface area (Å²) >= 11 is 0. The van der Waals surface area contributed by atoms with Crippen LogP contribution in [0.3, 0.4) is 0 Å². The van der Waals surface area contributed by atoms with Gasteiger partial charge in [-0.3, -0.25) is 4.79 Å². The molecule has 2 N–H and O–H groups in total. The number of amides is 3. The smallest absolute Gasteiger partial charge is 0.319 e. The van der Waals surface area contributed by atoms with Crippen LogP contribution in [0.25, 0.3) is 0 Å². The maximum atomic E-state index is 12.6. The first kappa shape index (κ1) is 14.6. The van der Waals surface area contributed by atoms with E-state index >= 15 is 0 Å². The second-order valence-corrected chi connectivity index (χ2v) is 5.56. The third-order valence-corrected chi connectivity index (χ3v) is 3.96. The monoisotopic (exact) mass is 301 g/mol. The minimum atomic E-state index is -0.399. The quantitative estimate of drug-likeness (QED) is 0.874. The molecular weight excluding hydrogens is 282 g/mol. The minimum absolute atomic E-state index is 0.0499. The van der Waals surface area contributed by atoms with Crippen molar-refractivity contribution >= 4 is 11.9 Å². The Bertz CT molecular complexity index is 654. The topological polar surface area (TPSA) is 70.7 Å². The van der Waals surface area contributed by atoms with E-state index in [-0.39, 0.29) is 11.9 Å². The molecule has 0 bridgehead atoms. The van der Waals surface area contributed by atoms with Crippen LogP contribution in [0.4, 0.5) is 4.79 Å². The van der Waals surface area contributed by atoms with Crippen molar-refractivity contribution in [3.05, 3.63) is 46.7 Å². The Morgan fingerprint density at radius 1 is 1.36 bits per heavy atom. The first-order valence-corrected chi connectivity index (χ1v) is 7.25. The zero-order valence-electron chi connectivity index (χ0n) is 12.7. The molecule has 116 valence electrons. The summed E-state index contributed by atoms with van der Waals surface area (Å²) in [6.45, 7) is 3.40. The molecule has 0 aromatic heterocycles. The van der Waals surface area contributed by atoms with Crippen molar-refractivity contribution in [3.63, 3.8) is 0 Å². The molecule has 6 heteroatoms. The van der Waals surface area contributed by atoms with Crippen LogP contribution in [0.15, 0.2) is 35.5 Å². The number of nitrogens with zero attached hydrogens (tertiary/aromatic N) is 1. The van der Waals surface area contributed by atoms with Crippen LogP contribution in [0.1, 0.15) is 17.2 Å². The number of aryl methyl sites for hydroxylation is 1. The summed E-state index contributed by atoms with van der Waals surface area (Å²) in [5.74, 6) is -0.0499. The molecule has 1 atom stereocenters. The zero-order valence-corrected chi connectivity index (χ0v) is 12.7. The van der Waals surface area contributed by atoms with Gasteiger partial charge in [0, 0.05) is 13.7 Å². The van der Waals surface area contributed by atoms with E-state index in [2.05, 4.69) is 10.6 Å². The van der Waals surface area contributed by atoms with Gasteiger partial charge in [-0.1, -0.05) is 29.8 Å². The Balaban J connectivity index is 1.92. The molecule has 2 aliphatic heterocycles. The van der Waals surface area contributed by atoms with Gasteiger partial charge in [-0.05, 0) is 12.5 Å². The highest BCUT2D eigenvalue weighted by atomic mass is 16.5. The number of benzene rings is 1. The average Bonchev–Trinajstić information content (AvgIpc) is 2.80. The van der Waals surface area contributed by atoms with E-state index in [1.54, 1.807) is 12.0 Å². The second kappa shape index (κ2) is 5.81. The van der Waals surface area contributed by atoms with Gasteiger partial charge in [0.15, 0.2) is 0 Å². The molecule has 0 fully saturated rings. The summed E-state index contributed by atoms with van der Waals surface area (Å²) in [7, 11) is 1.60. The number of carbonyl (C=O) groups excluding carboxylic acids is 2. The Labute approximate surface area is 129 Å². The molecule has 0 aliphatic carbocycles. The van der Waals surface area contributed by atoms with E-state index < -0.39 is 6.04 Å². The van der Waals surface area contributed by atoms with Gasteiger partial charge in [0.1, 0.15) is 0 Å². The van der Waals surface area contributed by atoms with Crippen molar-refractivity contribution in [3.8, 4) is 0 Å². The van der Waals surface area contributed by atoms with Gasteiger partial charge in [0.2, 0.25) is 0 Å². The molecule has 3 amide bonds. The normalized spacial score (nSPS) is 20.8. The third-order valence-electron chi connectivity index (χ3n) is 3.96. The van der Waals surface area contributed by atoms with Gasteiger partial charge < -0.3 is 20.3 Å². The van der Waals surface area contributed by atoms with Gasteiger partial charge in [-0.25, -0.2) is 4.79 Å². The highest BCUT2D eigenvalue weighted by molar-refractivity contribution is 6.01. The number of urea groups is 1. The lowest BCUT2D eigenvalue weighted by Crippen LogP contribution is -2.44. The van der Waals surface area contributed by atoms with Gasteiger partial charge >= 0.3 is 6.03 Å². The molecule has 1 aromatic carbocycles. The molecule has 0 unspecified atom stereocenters. The van der Waals surface area contributed by atoms with Crippen LogP contribution in [0.5, 0.6) is 0 Å². The number of hydrogen-bond acceptors (Lipinski definition) is 3. The SMILES string of the molecule is COCCN1CC2=C(C1=O)[C@@H](c1cccc(C)c1)NC(=O)N2. The van der Waals surface area contributed by atoms with Crippen LogP contribution in [0, 0.1) is 6.92 Å². The molecule has 2 heterocycles. The molecule has 0 radical (unpaired) electrons. The van der Waals surface area contributed by atoms with Crippen molar-refractivity contribution < 1.29 is 14.3 Å². The maximum absolute atomic E-state index is 12.6. The molecule has 2 aliphatic rings. The lowest BCUT2D eigenvalue weighted by atomic mass is 9.95. The molecule has 3 rings (SSSR count). The maximum Gasteiger partial charge on any atom is 0.319 e. The summed E-state index contributed by atoms with van der Waals surface area (Å²) in [5, 5.41) is 5.61. The van der Waals surface area contributed by atoms with Crippen LogP contribution < -0.4 is 10.6 Å². The minimum Gasteiger partial charge on any atom is -0.383 e. The van der Waals surface area contributed by atoms with Crippen LogP contribution >= 0.6 is 0 Å². The van der Waals surface area contributed by atoms with Gasteiger partial charge in [0.05, 0.1) is 30.5 Å². The summed E-state index contributed by atoms with van der Waals surface area (Å²) in [6, 6.07) is 7.17. The Morgan fingerprint density at radius 2 is 2.18 bits per heavy atom. The largest absolute Gasteiger partial charge is 0.383 e.